The molecule has 68 valence electrons. The molecule has 0 aliphatic heterocycles. The van der Waals surface area contributed by atoms with Crippen molar-refractivity contribution in [2.45, 2.75) is 6.92 Å². The highest BCUT2D eigenvalue weighted by Gasteiger charge is 2.13. The smallest absolute Gasteiger partial charge is 0.358 e. The van der Waals surface area contributed by atoms with E-state index in [0.717, 1.165) is 6.07 Å². The first-order valence-electron chi connectivity index (χ1n) is 3.46. The van der Waals surface area contributed by atoms with Crippen molar-refractivity contribution in [3.8, 4) is 5.75 Å². The van der Waals surface area contributed by atoms with Gasteiger partial charge in [-0.05, 0) is 12.1 Å². The molecule has 2 N–H and O–H groups in total. The van der Waals surface area contributed by atoms with Crippen LogP contribution in [0.3, 0.4) is 0 Å². The molecule has 5 nitrogen and oxygen atoms in total. The van der Waals surface area contributed by atoms with Crippen molar-refractivity contribution in [3.63, 3.8) is 0 Å². The Labute approximate surface area is 73.7 Å². The number of Topliss-reactive ketones (excluding diaryl/α,β-unsaturated/α-hetero) is 1. The first kappa shape index (κ1) is 9.18. The van der Waals surface area contributed by atoms with Gasteiger partial charge in [-0.15, -0.1) is 0 Å². The number of nitrogens with zero attached hydrogens (tertiary/aromatic N) is 1. The van der Waals surface area contributed by atoms with Gasteiger partial charge in [0.05, 0.1) is 0 Å². The highest BCUT2D eigenvalue weighted by Crippen LogP contribution is 2.14. The molecule has 5 heteroatoms. The molecule has 0 saturated heterocycles. The third-order valence-corrected chi connectivity index (χ3v) is 1.44. The maximum absolute atomic E-state index is 10.8. The Kier molecular flexibility index (Phi) is 2.27. The molecule has 1 heterocycles. The number of ketones is 1. The van der Waals surface area contributed by atoms with Gasteiger partial charge >= 0.3 is 5.97 Å². The fraction of sp³-hybridized carbons (Fsp3) is 0.125. The molecular formula is C8H7NO4. The van der Waals surface area contributed by atoms with Crippen LogP contribution in [-0.2, 0) is 0 Å². The first-order chi connectivity index (χ1) is 6.02. The number of carbonyl (C=O) groups is 2. The third kappa shape index (κ3) is 1.81. The molecule has 0 atom stereocenters. The van der Waals surface area contributed by atoms with E-state index in [1.54, 1.807) is 0 Å². The average Bonchev–Trinajstić information content (AvgIpc) is 2.04. The third-order valence-electron chi connectivity index (χ3n) is 1.44. The van der Waals surface area contributed by atoms with Gasteiger partial charge in [0, 0.05) is 6.92 Å². The number of carboxylic acids is 1. The highest BCUT2D eigenvalue weighted by molar-refractivity contribution is 5.95. The van der Waals surface area contributed by atoms with Crippen molar-refractivity contribution >= 4 is 11.8 Å². The number of carbonyl (C=O) groups excluding carboxylic acids is 1. The standard InChI is InChI=1S/C8H7NO4/c1-4(10)5-2-3-6(11)7(9-5)8(12)13/h2-3,11H,1H3,(H,12,13). The molecule has 0 radical (unpaired) electrons. The van der Waals surface area contributed by atoms with Crippen LogP contribution in [0, 0.1) is 0 Å². The largest absolute Gasteiger partial charge is 0.505 e. The van der Waals surface area contributed by atoms with E-state index in [1.165, 1.54) is 13.0 Å². The van der Waals surface area contributed by atoms with E-state index in [-0.39, 0.29) is 11.5 Å². The zero-order valence-corrected chi connectivity index (χ0v) is 6.81. The lowest BCUT2D eigenvalue weighted by atomic mass is 10.2. The van der Waals surface area contributed by atoms with Crippen LogP contribution in [0.15, 0.2) is 12.1 Å². The minimum atomic E-state index is -1.36. The van der Waals surface area contributed by atoms with Gasteiger partial charge in [0.15, 0.2) is 11.5 Å². The molecule has 1 rings (SSSR count). The fourth-order valence-electron chi connectivity index (χ4n) is 0.805. The normalized spacial score (nSPS) is 9.62. The number of rotatable bonds is 2. The number of hydrogen-bond acceptors (Lipinski definition) is 4. The second-order valence-electron chi connectivity index (χ2n) is 2.43. The Morgan fingerprint density at radius 1 is 1.38 bits per heavy atom. The summed E-state index contributed by atoms with van der Waals surface area (Å²) in [5.74, 6) is -2.15. The van der Waals surface area contributed by atoms with Crippen LogP contribution in [0.1, 0.15) is 27.9 Å². The van der Waals surface area contributed by atoms with E-state index in [0.29, 0.717) is 0 Å². The summed E-state index contributed by atoms with van der Waals surface area (Å²) in [5.41, 5.74) is -0.483. The summed E-state index contributed by atoms with van der Waals surface area (Å²) in [6.45, 7) is 1.27. The van der Waals surface area contributed by atoms with Crippen LogP contribution in [0.4, 0.5) is 0 Å². The van der Waals surface area contributed by atoms with Crippen molar-refractivity contribution in [2.75, 3.05) is 0 Å². The Morgan fingerprint density at radius 3 is 2.46 bits per heavy atom. The Balaban J connectivity index is 3.27. The number of aromatic hydroxyl groups is 1. The van der Waals surface area contributed by atoms with Gasteiger partial charge in [0.2, 0.25) is 0 Å². The Morgan fingerprint density at radius 2 is 2.00 bits per heavy atom. The van der Waals surface area contributed by atoms with E-state index < -0.39 is 17.4 Å². The molecule has 0 saturated carbocycles. The molecule has 0 spiro atoms. The summed E-state index contributed by atoms with van der Waals surface area (Å²) in [6, 6.07) is 2.40. The van der Waals surface area contributed by atoms with Crippen LogP contribution in [0.2, 0.25) is 0 Å². The molecule has 13 heavy (non-hydrogen) atoms. The Bertz CT molecular complexity index is 372. The predicted octanol–water partition coefficient (Wildman–Crippen LogP) is 0.688. The second-order valence-corrected chi connectivity index (χ2v) is 2.43. The zero-order chi connectivity index (χ0) is 10.0. The van der Waals surface area contributed by atoms with Gasteiger partial charge in [-0.1, -0.05) is 0 Å². The molecule has 0 fully saturated rings. The maximum Gasteiger partial charge on any atom is 0.358 e. The molecular weight excluding hydrogens is 174 g/mol. The van der Waals surface area contributed by atoms with Gasteiger partial charge in [0.1, 0.15) is 11.4 Å². The van der Waals surface area contributed by atoms with Crippen molar-refractivity contribution in [2.24, 2.45) is 0 Å². The SMILES string of the molecule is CC(=O)c1ccc(O)c(C(=O)O)n1. The molecule has 0 amide bonds. The second kappa shape index (κ2) is 3.22. The summed E-state index contributed by atoms with van der Waals surface area (Å²) in [7, 11) is 0. The quantitative estimate of drug-likeness (QED) is 0.655. The molecule has 0 bridgehead atoms. The van der Waals surface area contributed by atoms with Crippen molar-refractivity contribution in [3.05, 3.63) is 23.5 Å². The van der Waals surface area contributed by atoms with E-state index in [4.69, 9.17) is 10.2 Å². The van der Waals surface area contributed by atoms with Gasteiger partial charge in [-0.25, -0.2) is 9.78 Å². The van der Waals surface area contributed by atoms with Crippen LogP contribution in [-0.4, -0.2) is 26.9 Å². The molecule has 0 aliphatic rings. The summed E-state index contributed by atoms with van der Waals surface area (Å²) in [4.78, 5) is 24.7. The minimum Gasteiger partial charge on any atom is -0.505 e. The van der Waals surface area contributed by atoms with E-state index in [2.05, 4.69) is 4.98 Å². The highest BCUT2D eigenvalue weighted by atomic mass is 16.4. The van der Waals surface area contributed by atoms with E-state index in [9.17, 15) is 9.59 Å². The number of aromatic carboxylic acids is 1. The van der Waals surface area contributed by atoms with E-state index in [1.807, 2.05) is 0 Å². The predicted molar refractivity (Wildman–Crippen MR) is 42.9 cm³/mol. The number of aromatic nitrogens is 1. The maximum atomic E-state index is 10.8. The average molecular weight is 181 g/mol. The zero-order valence-electron chi connectivity index (χ0n) is 6.81. The number of pyridine rings is 1. The number of hydrogen-bond donors (Lipinski definition) is 2. The molecule has 0 aliphatic carbocycles. The molecule has 0 unspecified atom stereocenters. The molecule has 1 aromatic rings. The van der Waals surface area contributed by atoms with Gasteiger partial charge < -0.3 is 10.2 Å². The lowest BCUT2D eigenvalue weighted by molar-refractivity contribution is 0.0687. The van der Waals surface area contributed by atoms with Crippen molar-refractivity contribution < 1.29 is 19.8 Å². The summed E-state index contributed by atoms with van der Waals surface area (Å²) in [6.07, 6.45) is 0. The molecule has 0 aromatic carbocycles. The van der Waals surface area contributed by atoms with Gasteiger partial charge in [-0.2, -0.15) is 0 Å². The van der Waals surface area contributed by atoms with Crippen LogP contribution in [0.25, 0.3) is 0 Å². The first-order valence-corrected chi connectivity index (χ1v) is 3.46. The van der Waals surface area contributed by atoms with E-state index >= 15 is 0 Å². The fourth-order valence-corrected chi connectivity index (χ4v) is 0.805. The summed E-state index contributed by atoms with van der Waals surface area (Å²) in [5, 5.41) is 17.6. The monoisotopic (exact) mass is 181 g/mol. The van der Waals surface area contributed by atoms with Crippen molar-refractivity contribution in [1.82, 2.24) is 4.98 Å². The topological polar surface area (TPSA) is 87.5 Å². The minimum absolute atomic E-state index is 0.0233. The van der Waals surface area contributed by atoms with Crippen LogP contribution in [0.5, 0.6) is 5.75 Å². The van der Waals surface area contributed by atoms with Crippen molar-refractivity contribution in [1.29, 1.82) is 0 Å². The summed E-state index contributed by atoms with van der Waals surface area (Å²) >= 11 is 0. The molecule has 1 aromatic heterocycles. The number of carboxylic acid groups (broad SMARTS) is 1. The van der Waals surface area contributed by atoms with Gasteiger partial charge in [0.25, 0.3) is 0 Å². The van der Waals surface area contributed by atoms with Crippen LogP contribution < -0.4 is 0 Å². The van der Waals surface area contributed by atoms with Gasteiger partial charge in [-0.3, -0.25) is 4.79 Å². The lowest BCUT2D eigenvalue weighted by Gasteiger charge is -1.99. The lowest BCUT2D eigenvalue weighted by Crippen LogP contribution is -2.05. The summed E-state index contributed by atoms with van der Waals surface area (Å²) < 4.78 is 0. The van der Waals surface area contributed by atoms with Crippen LogP contribution >= 0.6 is 0 Å². The Hall–Kier alpha value is -1.91.